The summed E-state index contributed by atoms with van der Waals surface area (Å²) in [7, 11) is 0. The molecule has 0 saturated carbocycles. The molecule has 0 amide bonds. The van der Waals surface area contributed by atoms with E-state index in [-0.39, 0.29) is 29.7 Å². The monoisotopic (exact) mass is 273 g/mol. The van der Waals surface area contributed by atoms with Crippen LogP contribution in [0.3, 0.4) is 0 Å². The summed E-state index contributed by atoms with van der Waals surface area (Å²) in [4.78, 5) is 0. The van der Waals surface area contributed by atoms with Crippen molar-refractivity contribution in [1.29, 1.82) is 0 Å². The summed E-state index contributed by atoms with van der Waals surface area (Å²) < 4.78 is 0. The molecule has 3 nitrogen and oxygen atoms in total. The van der Waals surface area contributed by atoms with Crippen molar-refractivity contribution in [3.05, 3.63) is 29.3 Å². The molecule has 104 valence electrons. The van der Waals surface area contributed by atoms with Gasteiger partial charge >= 0.3 is 0 Å². The molecule has 2 atom stereocenters. The number of hydrogen-bond acceptors (Lipinski definition) is 2. The first kappa shape index (κ1) is 17.2. The lowest BCUT2D eigenvalue weighted by molar-refractivity contribution is -0.751. The van der Waals surface area contributed by atoms with Gasteiger partial charge in [-0.3, -0.25) is 0 Å². The number of nitrogens with two attached hydrogens (primary N) is 1. The molecule has 4 heteroatoms. The third-order valence-corrected chi connectivity index (χ3v) is 2.82. The van der Waals surface area contributed by atoms with Crippen molar-refractivity contribution < 1.29 is 27.9 Å². The number of aryl methyl sites for hydroxylation is 1. The summed E-state index contributed by atoms with van der Waals surface area (Å²) >= 11 is 0. The summed E-state index contributed by atoms with van der Waals surface area (Å²) in [5.41, 5.74) is 1.74. The molecule has 1 aromatic carbocycles. The highest BCUT2D eigenvalue weighted by atomic mass is 35.5. The lowest BCUT2D eigenvalue weighted by Crippen LogP contribution is -3.00. The molecule has 1 aromatic rings. The van der Waals surface area contributed by atoms with Gasteiger partial charge in [0.15, 0.2) is 0 Å². The first-order valence-electron chi connectivity index (χ1n) is 6.04. The van der Waals surface area contributed by atoms with Crippen LogP contribution in [0.4, 0.5) is 0 Å². The number of benzene rings is 1. The number of aliphatic hydroxyl groups is 1. The average Bonchev–Trinajstić information content (AvgIpc) is 2.18. The maximum absolute atomic E-state index is 10.3. The van der Waals surface area contributed by atoms with Gasteiger partial charge in [0.1, 0.15) is 17.9 Å². The third kappa shape index (κ3) is 4.84. The number of aliphatic hydroxyl groups excluding tert-OH is 1. The Balaban J connectivity index is 0.00000289. The molecule has 4 N–H and O–H groups in total. The summed E-state index contributed by atoms with van der Waals surface area (Å²) in [6.07, 6.45) is -0.520. The Kier molecular flexibility index (Phi) is 6.14. The van der Waals surface area contributed by atoms with Crippen LogP contribution in [0.2, 0.25) is 0 Å². The van der Waals surface area contributed by atoms with Crippen LogP contribution in [0.25, 0.3) is 0 Å². The largest absolute Gasteiger partial charge is 1.00 e. The fraction of sp³-hybridized carbons (Fsp3) is 0.571. The van der Waals surface area contributed by atoms with Gasteiger partial charge < -0.3 is 27.9 Å². The van der Waals surface area contributed by atoms with E-state index < -0.39 is 6.10 Å². The summed E-state index contributed by atoms with van der Waals surface area (Å²) in [5, 5.41) is 21.9. The number of rotatable bonds is 3. The van der Waals surface area contributed by atoms with Crippen LogP contribution >= 0.6 is 0 Å². The van der Waals surface area contributed by atoms with Gasteiger partial charge in [-0.05, 0) is 57.9 Å². The van der Waals surface area contributed by atoms with Crippen LogP contribution in [0, 0.1) is 6.92 Å². The summed E-state index contributed by atoms with van der Waals surface area (Å²) in [5.74, 6) is 0.272. The quantitative estimate of drug-likeness (QED) is 0.627. The SMILES string of the molecule is Cc1cc(C(O)C(C)[NH2+]C(C)(C)C)ccc1O.[Cl-]. The zero-order valence-corrected chi connectivity index (χ0v) is 12.5. The molecule has 0 heterocycles. The zero-order valence-electron chi connectivity index (χ0n) is 11.7. The highest BCUT2D eigenvalue weighted by molar-refractivity contribution is 5.36. The molecule has 2 unspecified atom stereocenters. The Morgan fingerprint density at radius 1 is 1.22 bits per heavy atom. The predicted octanol–water partition coefficient (Wildman–Crippen LogP) is -1.51. The Morgan fingerprint density at radius 2 is 1.78 bits per heavy atom. The molecule has 0 aliphatic heterocycles. The highest BCUT2D eigenvalue weighted by Gasteiger charge is 2.25. The normalized spacial score (nSPS) is 14.8. The van der Waals surface area contributed by atoms with Gasteiger partial charge in [0.25, 0.3) is 0 Å². The van der Waals surface area contributed by atoms with Crippen LogP contribution in [-0.4, -0.2) is 21.8 Å². The first-order chi connectivity index (χ1) is 7.70. The Morgan fingerprint density at radius 3 is 2.22 bits per heavy atom. The lowest BCUT2D eigenvalue weighted by atomic mass is 9.98. The smallest absolute Gasteiger partial charge is 0.130 e. The maximum atomic E-state index is 10.3. The molecule has 0 fully saturated rings. The van der Waals surface area contributed by atoms with E-state index in [0.717, 1.165) is 11.1 Å². The van der Waals surface area contributed by atoms with Crippen molar-refractivity contribution in [3.8, 4) is 5.75 Å². The van der Waals surface area contributed by atoms with Crippen molar-refractivity contribution in [2.45, 2.75) is 52.3 Å². The minimum atomic E-state index is -0.520. The first-order valence-corrected chi connectivity index (χ1v) is 6.04. The number of phenols is 1. The number of halogens is 1. The minimum absolute atomic E-state index is 0. The second kappa shape index (κ2) is 6.41. The van der Waals surface area contributed by atoms with E-state index in [2.05, 4.69) is 26.1 Å². The topological polar surface area (TPSA) is 57.1 Å². The van der Waals surface area contributed by atoms with Gasteiger partial charge in [-0.15, -0.1) is 0 Å². The van der Waals surface area contributed by atoms with Crippen LogP contribution in [0.1, 0.15) is 44.9 Å². The third-order valence-electron chi connectivity index (χ3n) is 2.82. The van der Waals surface area contributed by atoms with E-state index in [1.165, 1.54) is 0 Å². The van der Waals surface area contributed by atoms with Gasteiger partial charge in [0.2, 0.25) is 0 Å². The standard InChI is InChI=1S/C14H23NO2.ClH/c1-9-8-11(6-7-12(9)16)13(17)10(2)15-14(3,4)5;/h6-8,10,13,15-17H,1-5H3;1H. The minimum Gasteiger partial charge on any atom is -1.00 e. The Labute approximate surface area is 116 Å². The molecule has 1 rings (SSSR count). The number of hydrogen-bond donors (Lipinski definition) is 3. The van der Waals surface area contributed by atoms with E-state index in [9.17, 15) is 10.2 Å². The second-order valence-corrected chi connectivity index (χ2v) is 5.88. The van der Waals surface area contributed by atoms with Gasteiger partial charge in [-0.25, -0.2) is 0 Å². The van der Waals surface area contributed by atoms with Gasteiger partial charge in [-0.1, -0.05) is 6.07 Å². The fourth-order valence-corrected chi connectivity index (χ4v) is 2.05. The highest BCUT2D eigenvalue weighted by Crippen LogP contribution is 2.22. The van der Waals surface area contributed by atoms with Crippen LogP contribution < -0.4 is 17.7 Å². The zero-order chi connectivity index (χ0) is 13.2. The van der Waals surface area contributed by atoms with E-state index in [1.54, 1.807) is 12.1 Å². The molecule has 0 radical (unpaired) electrons. The van der Waals surface area contributed by atoms with Crippen molar-refractivity contribution in [3.63, 3.8) is 0 Å². The van der Waals surface area contributed by atoms with Gasteiger partial charge in [0.05, 0.1) is 5.54 Å². The molecule has 0 bridgehead atoms. The van der Waals surface area contributed by atoms with Crippen LogP contribution in [-0.2, 0) is 0 Å². The lowest BCUT2D eigenvalue weighted by Gasteiger charge is -2.26. The Bertz CT molecular complexity index is 388. The second-order valence-electron chi connectivity index (χ2n) is 5.88. The van der Waals surface area contributed by atoms with Gasteiger partial charge in [0, 0.05) is 0 Å². The number of quaternary nitrogens is 1. The van der Waals surface area contributed by atoms with Crippen molar-refractivity contribution in [2.24, 2.45) is 0 Å². The molecule has 0 saturated heterocycles. The maximum Gasteiger partial charge on any atom is 0.130 e. The van der Waals surface area contributed by atoms with E-state index >= 15 is 0 Å². The average molecular weight is 274 g/mol. The fourth-order valence-electron chi connectivity index (χ4n) is 2.05. The van der Waals surface area contributed by atoms with Crippen molar-refractivity contribution in [2.75, 3.05) is 0 Å². The Hall–Kier alpha value is -0.770. The van der Waals surface area contributed by atoms with Crippen molar-refractivity contribution in [1.82, 2.24) is 0 Å². The molecule has 0 spiro atoms. The molecule has 0 aliphatic carbocycles. The summed E-state index contributed by atoms with van der Waals surface area (Å²) in [6.45, 7) is 10.2. The molecular weight excluding hydrogens is 250 g/mol. The molecule has 0 aliphatic rings. The van der Waals surface area contributed by atoms with E-state index in [1.807, 2.05) is 19.9 Å². The van der Waals surface area contributed by atoms with Gasteiger partial charge in [-0.2, -0.15) is 0 Å². The van der Waals surface area contributed by atoms with E-state index in [4.69, 9.17) is 0 Å². The van der Waals surface area contributed by atoms with Crippen molar-refractivity contribution >= 4 is 0 Å². The number of phenolic OH excluding ortho intramolecular Hbond substituents is 1. The molecular formula is C14H24ClNO2. The summed E-state index contributed by atoms with van der Waals surface area (Å²) in [6, 6.07) is 5.34. The van der Waals surface area contributed by atoms with Crippen LogP contribution in [0.15, 0.2) is 18.2 Å². The van der Waals surface area contributed by atoms with Crippen LogP contribution in [0.5, 0.6) is 5.75 Å². The number of aromatic hydroxyl groups is 1. The predicted molar refractivity (Wildman–Crippen MR) is 68.9 cm³/mol. The molecule has 0 aromatic heterocycles. The molecule has 18 heavy (non-hydrogen) atoms. The van der Waals surface area contributed by atoms with E-state index in [0.29, 0.717) is 0 Å².